The minimum atomic E-state index is -0.378. The number of nitrogens with zero attached hydrogens (tertiary/aromatic N) is 2. The molecule has 1 aromatic heterocycles. The minimum absolute atomic E-state index is 0.0608. The molecule has 3 aromatic rings. The molecule has 1 amide bonds. The number of nitrogens with one attached hydrogen (secondary N) is 2. The first-order valence-electron chi connectivity index (χ1n) is 12.0. The van der Waals surface area contributed by atoms with E-state index in [2.05, 4.69) is 53.9 Å². The van der Waals surface area contributed by atoms with Crippen LogP contribution in [0.1, 0.15) is 65.2 Å². The molecule has 176 valence electrons. The Bertz CT molecular complexity index is 1190. The Balaban J connectivity index is 1.59. The third-order valence-corrected chi connectivity index (χ3v) is 7.24. The highest BCUT2D eigenvalue weighted by molar-refractivity contribution is 5.86. The number of hydrogen-bond donors (Lipinski definition) is 3. The number of amides is 1. The van der Waals surface area contributed by atoms with E-state index in [1.54, 1.807) is 6.20 Å². The average Bonchev–Trinajstić information content (AvgIpc) is 3.36. The normalized spacial score (nSPS) is 24.1. The van der Waals surface area contributed by atoms with Gasteiger partial charge in [-0.2, -0.15) is 0 Å². The Morgan fingerprint density at radius 2 is 1.79 bits per heavy atom. The molecule has 4 atom stereocenters. The summed E-state index contributed by atoms with van der Waals surface area (Å²) in [6.45, 7) is 8.81. The summed E-state index contributed by atoms with van der Waals surface area (Å²) in [5.41, 5.74) is 12.7. The van der Waals surface area contributed by atoms with Crippen LogP contribution in [0, 0.1) is 19.8 Å². The highest BCUT2D eigenvalue weighted by atomic mass is 16.3. The number of phenols is 1. The molecule has 0 spiro atoms. The van der Waals surface area contributed by atoms with Gasteiger partial charge in [0.1, 0.15) is 11.8 Å². The number of hydrazine groups is 1. The molecular weight excluding hydrogens is 424 g/mol. The van der Waals surface area contributed by atoms with Crippen LogP contribution in [0.5, 0.6) is 5.75 Å². The van der Waals surface area contributed by atoms with Crippen LogP contribution in [-0.4, -0.2) is 26.9 Å². The van der Waals surface area contributed by atoms with Crippen molar-refractivity contribution in [2.45, 2.75) is 58.3 Å². The Labute approximate surface area is 201 Å². The van der Waals surface area contributed by atoms with E-state index in [9.17, 15) is 9.90 Å². The van der Waals surface area contributed by atoms with E-state index in [1.807, 2.05) is 49.2 Å². The van der Waals surface area contributed by atoms with E-state index in [4.69, 9.17) is 0 Å². The predicted molar refractivity (Wildman–Crippen MR) is 132 cm³/mol. The number of benzene rings is 2. The summed E-state index contributed by atoms with van der Waals surface area (Å²) in [5.74, 6) is 0.706. The largest absolute Gasteiger partial charge is 0.507 e. The van der Waals surface area contributed by atoms with Crippen molar-refractivity contribution >= 4 is 5.91 Å². The summed E-state index contributed by atoms with van der Waals surface area (Å²) in [6, 6.07) is 15.8. The lowest BCUT2D eigenvalue weighted by Gasteiger charge is -2.32. The van der Waals surface area contributed by atoms with E-state index in [1.165, 1.54) is 5.56 Å². The first-order chi connectivity index (χ1) is 16.3. The zero-order chi connectivity index (χ0) is 24.0. The topological polar surface area (TPSA) is 77.5 Å². The third kappa shape index (κ3) is 3.87. The highest BCUT2D eigenvalue weighted by Gasteiger charge is 2.55. The maximum atomic E-state index is 13.7. The molecule has 4 unspecified atom stereocenters. The van der Waals surface area contributed by atoms with Gasteiger partial charge in [-0.3, -0.25) is 9.78 Å². The van der Waals surface area contributed by atoms with Crippen molar-refractivity contribution < 1.29 is 9.90 Å². The molecule has 2 fully saturated rings. The van der Waals surface area contributed by atoms with E-state index < -0.39 is 0 Å². The number of pyridine rings is 1. The molecule has 0 aliphatic carbocycles. The van der Waals surface area contributed by atoms with Gasteiger partial charge in [0.25, 0.3) is 0 Å². The molecule has 2 aromatic carbocycles. The van der Waals surface area contributed by atoms with Gasteiger partial charge in [0.05, 0.1) is 12.1 Å². The number of carbonyl (C=O) groups excluding carboxylic acids is 1. The smallest absolute Gasteiger partial charge is 0.242 e. The van der Waals surface area contributed by atoms with Gasteiger partial charge in [0.15, 0.2) is 0 Å². The molecular formula is C28H32N4O2. The van der Waals surface area contributed by atoms with Crippen molar-refractivity contribution in [2.24, 2.45) is 5.92 Å². The van der Waals surface area contributed by atoms with Crippen molar-refractivity contribution in [2.75, 3.05) is 0 Å². The van der Waals surface area contributed by atoms with Gasteiger partial charge in [-0.15, -0.1) is 0 Å². The van der Waals surface area contributed by atoms with Gasteiger partial charge in [0, 0.05) is 30.4 Å². The highest BCUT2D eigenvalue weighted by Crippen LogP contribution is 2.49. The van der Waals surface area contributed by atoms with Crippen LogP contribution in [-0.2, 0) is 11.3 Å². The van der Waals surface area contributed by atoms with E-state index in [-0.39, 0.29) is 35.7 Å². The molecule has 3 heterocycles. The number of likely N-dealkylation sites (tertiary alicyclic amines) is 1. The summed E-state index contributed by atoms with van der Waals surface area (Å²) in [4.78, 5) is 19.9. The standard InChI is InChI=1S/C28H32N4O2/c1-16(2)20-7-9-21(10-8-20)26-23-24(22-13-17(3)12-18(4)27(22)33)30-31-25(23)28(34)32(26)15-19-6-5-11-29-14-19/h5-14,16,23-26,30-31,33H,15H2,1-4H3. The summed E-state index contributed by atoms with van der Waals surface area (Å²) in [7, 11) is 0. The number of hydrogen-bond acceptors (Lipinski definition) is 5. The fourth-order valence-corrected chi connectivity index (χ4v) is 5.54. The molecule has 6 nitrogen and oxygen atoms in total. The maximum absolute atomic E-state index is 13.7. The van der Waals surface area contributed by atoms with Gasteiger partial charge in [-0.25, -0.2) is 10.9 Å². The molecule has 0 radical (unpaired) electrons. The van der Waals surface area contributed by atoms with Crippen molar-refractivity contribution in [3.8, 4) is 5.75 Å². The van der Waals surface area contributed by atoms with Crippen molar-refractivity contribution in [1.29, 1.82) is 0 Å². The third-order valence-electron chi connectivity index (χ3n) is 7.24. The first kappa shape index (κ1) is 22.6. The first-order valence-corrected chi connectivity index (χ1v) is 12.0. The van der Waals surface area contributed by atoms with Crippen molar-refractivity contribution in [1.82, 2.24) is 20.7 Å². The molecule has 2 saturated heterocycles. The van der Waals surface area contributed by atoms with Crippen LogP contribution < -0.4 is 10.9 Å². The van der Waals surface area contributed by atoms with Gasteiger partial charge in [-0.05, 0) is 48.1 Å². The molecule has 6 heteroatoms. The van der Waals surface area contributed by atoms with Crippen LogP contribution in [0.25, 0.3) is 0 Å². The van der Waals surface area contributed by atoms with Gasteiger partial charge in [0.2, 0.25) is 5.91 Å². The predicted octanol–water partition coefficient (Wildman–Crippen LogP) is 4.44. The molecule has 5 rings (SSSR count). The summed E-state index contributed by atoms with van der Waals surface area (Å²) < 4.78 is 0. The van der Waals surface area contributed by atoms with Crippen LogP contribution in [0.3, 0.4) is 0 Å². The lowest BCUT2D eigenvalue weighted by molar-refractivity contribution is -0.131. The van der Waals surface area contributed by atoms with E-state index >= 15 is 0 Å². The lowest BCUT2D eigenvalue weighted by Crippen LogP contribution is -2.41. The second-order valence-corrected chi connectivity index (χ2v) is 9.93. The van der Waals surface area contributed by atoms with Crippen molar-refractivity contribution in [3.63, 3.8) is 0 Å². The van der Waals surface area contributed by atoms with Crippen molar-refractivity contribution in [3.05, 3.63) is 94.3 Å². The molecule has 0 saturated carbocycles. The molecule has 2 aliphatic heterocycles. The summed E-state index contributed by atoms with van der Waals surface area (Å²) in [5, 5.41) is 10.9. The van der Waals surface area contributed by atoms with Crippen LogP contribution in [0.2, 0.25) is 0 Å². The Morgan fingerprint density at radius 3 is 2.47 bits per heavy atom. The Kier molecular flexibility index (Phi) is 5.88. The average molecular weight is 457 g/mol. The van der Waals surface area contributed by atoms with Crippen LogP contribution >= 0.6 is 0 Å². The fraction of sp³-hybridized carbons (Fsp3) is 0.357. The number of aromatic hydroxyl groups is 1. The Morgan fingerprint density at radius 1 is 1.06 bits per heavy atom. The maximum Gasteiger partial charge on any atom is 0.242 e. The van der Waals surface area contributed by atoms with Gasteiger partial charge < -0.3 is 10.0 Å². The van der Waals surface area contributed by atoms with Gasteiger partial charge in [-0.1, -0.05) is 61.9 Å². The number of aryl methyl sites for hydroxylation is 2. The summed E-state index contributed by atoms with van der Waals surface area (Å²) >= 11 is 0. The van der Waals surface area contributed by atoms with Crippen LogP contribution in [0.15, 0.2) is 60.9 Å². The molecule has 34 heavy (non-hydrogen) atoms. The number of aromatic nitrogens is 1. The number of rotatable bonds is 5. The fourth-order valence-electron chi connectivity index (χ4n) is 5.54. The zero-order valence-electron chi connectivity index (χ0n) is 20.1. The van der Waals surface area contributed by atoms with Gasteiger partial charge >= 0.3 is 0 Å². The number of phenolic OH excluding ortho intramolecular Hbond substituents is 1. The Hall–Kier alpha value is -3.22. The molecule has 2 aliphatic rings. The second kappa shape index (κ2) is 8.85. The second-order valence-electron chi connectivity index (χ2n) is 9.93. The minimum Gasteiger partial charge on any atom is -0.507 e. The summed E-state index contributed by atoms with van der Waals surface area (Å²) in [6.07, 6.45) is 3.57. The van der Waals surface area contributed by atoms with E-state index in [0.717, 1.165) is 27.8 Å². The lowest BCUT2D eigenvalue weighted by atomic mass is 9.82. The molecule has 3 N–H and O–H groups in total. The quantitative estimate of drug-likeness (QED) is 0.529. The van der Waals surface area contributed by atoms with E-state index in [0.29, 0.717) is 12.5 Å². The number of carbonyl (C=O) groups is 1. The zero-order valence-corrected chi connectivity index (χ0v) is 20.1. The monoisotopic (exact) mass is 456 g/mol. The van der Waals surface area contributed by atoms with Crippen LogP contribution in [0.4, 0.5) is 0 Å². The number of fused-ring (bicyclic) bond motifs is 1. The molecule has 0 bridgehead atoms. The SMILES string of the molecule is Cc1cc(C)c(O)c(C2NNC3C(=O)N(Cc4cccnc4)C(c4ccc(C(C)C)cc4)C32)c1.